The first-order valence-electron chi connectivity index (χ1n) is 4.28. The summed E-state index contributed by atoms with van der Waals surface area (Å²) in [7, 11) is -2.52. The normalized spacial score (nSPS) is 14.3. The fourth-order valence-corrected chi connectivity index (χ4v) is 2.16. The van der Waals surface area contributed by atoms with Crippen molar-refractivity contribution in [3.8, 4) is 0 Å². The van der Waals surface area contributed by atoms with E-state index in [1.807, 2.05) is 4.72 Å². The lowest BCUT2D eigenvalue weighted by atomic mass is 10.4. The van der Waals surface area contributed by atoms with Crippen molar-refractivity contribution in [1.82, 2.24) is 14.5 Å². The maximum absolute atomic E-state index is 11.9. The molecule has 0 saturated carbocycles. The summed E-state index contributed by atoms with van der Waals surface area (Å²) in [5, 5.41) is 12.2. The van der Waals surface area contributed by atoms with Crippen LogP contribution in [0.2, 0.25) is 0 Å². The Hall–Kier alpha value is -1.06. The Labute approximate surface area is 90.9 Å². The minimum Gasteiger partial charge on any atom is -0.386 e. The summed E-state index contributed by atoms with van der Waals surface area (Å²) in [5.74, 6) is 0. The van der Waals surface area contributed by atoms with Crippen LogP contribution in [0.25, 0.3) is 0 Å². The molecule has 6 nitrogen and oxygen atoms in total. The van der Waals surface area contributed by atoms with Crippen LogP contribution in [0.1, 0.15) is 0 Å². The molecule has 0 bridgehead atoms. The van der Waals surface area contributed by atoms with Gasteiger partial charge in [-0.1, -0.05) is 0 Å². The van der Waals surface area contributed by atoms with Crippen molar-refractivity contribution >= 4 is 10.0 Å². The number of alkyl halides is 2. The van der Waals surface area contributed by atoms with Crippen molar-refractivity contribution in [3.05, 3.63) is 12.3 Å². The highest BCUT2D eigenvalue weighted by Gasteiger charge is 2.22. The number of hydrogen-bond donors (Lipinski definition) is 2. The van der Waals surface area contributed by atoms with Gasteiger partial charge >= 0.3 is 0 Å². The summed E-state index contributed by atoms with van der Waals surface area (Å²) in [6.07, 6.45) is -3.75. The second kappa shape index (κ2) is 4.85. The van der Waals surface area contributed by atoms with Gasteiger partial charge in [0.1, 0.15) is 6.10 Å². The summed E-state index contributed by atoms with van der Waals surface area (Å²) in [6.45, 7) is -0.745. The molecule has 9 heteroatoms. The quantitative estimate of drug-likeness (QED) is 0.730. The van der Waals surface area contributed by atoms with Gasteiger partial charge in [-0.2, -0.15) is 5.10 Å². The summed E-state index contributed by atoms with van der Waals surface area (Å²) in [4.78, 5) is 0. The number of aliphatic hydroxyl groups is 1. The lowest BCUT2D eigenvalue weighted by Gasteiger charge is -2.11. The molecule has 0 saturated heterocycles. The first-order chi connectivity index (χ1) is 7.34. The molecular formula is C7H11F2N3O3S. The summed E-state index contributed by atoms with van der Waals surface area (Å²) in [6, 6.07) is 1.22. The van der Waals surface area contributed by atoms with Crippen molar-refractivity contribution in [3.63, 3.8) is 0 Å². The van der Waals surface area contributed by atoms with Gasteiger partial charge < -0.3 is 5.11 Å². The first kappa shape index (κ1) is 13.0. The molecule has 1 atom stereocenters. The Kier molecular flexibility index (Phi) is 3.94. The van der Waals surface area contributed by atoms with E-state index in [0.717, 1.165) is 4.68 Å². The second-order valence-electron chi connectivity index (χ2n) is 3.05. The number of sulfonamides is 1. The zero-order valence-electron chi connectivity index (χ0n) is 8.34. The lowest BCUT2D eigenvalue weighted by Crippen LogP contribution is -2.36. The zero-order chi connectivity index (χ0) is 12.3. The van der Waals surface area contributed by atoms with Crippen molar-refractivity contribution in [2.75, 3.05) is 6.54 Å². The standard InChI is InChI=1S/C7H11F2N3O3S/c1-12-6(2-3-10-12)16(14,15)11-4-5(13)7(8)9/h2-3,5,7,11,13H,4H2,1H3. The molecular weight excluding hydrogens is 244 g/mol. The maximum atomic E-state index is 11.9. The molecule has 1 aromatic heterocycles. The molecule has 0 aliphatic rings. The predicted octanol–water partition coefficient (Wildman–Crippen LogP) is -0.676. The largest absolute Gasteiger partial charge is 0.386 e. The number of aryl methyl sites for hydroxylation is 1. The molecule has 1 rings (SSSR count). The highest BCUT2D eigenvalue weighted by molar-refractivity contribution is 7.89. The Morgan fingerprint density at radius 1 is 1.62 bits per heavy atom. The van der Waals surface area contributed by atoms with E-state index in [4.69, 9.17) is 5.11 Å². The van der Waals surface area contributed by atoms with Crippen molar-refractivity contribution in [2.45, 2.75) is 17.6 Å². The molecule has 16 heavy (non-hydrogen) atoms. The number of aliphatic hydroxyl groups excluding tert-OH is 1. The molecule has 1 heterocycles. The summed E-state index contributed by atoms with van der Waals surface area (Å²) in [5.41, 5.74) is 0. The van der Waals surface area contributed by atoms with E-state index in [9.17, 15) is 17.2 Å². The van der Waals surface area contributed by atoms with E-state index in [0.29, 0.717) is 0 Å². The maximum Gasteiger partial charge on any atom is 0.265 e. The summed E-state index contributed by atoms with van der Waals surface area (Å²) >= 11 is 0. The monoisotopic (exact) mass is 255 g/mol. The molecule has 92 valence electrons. The molecule has 2 N–H and O–H groups in total. The third-order valence-corrected chi connectivity index (χ3v) is 3.32. The fourth-order valence-electron chi connectivity index (χ4n) is 0.983. The minimum absolute atomic E-state index is 0.158. The average Bonchev–Trinajstić information content (AvgIpc) is 2.61. The Morgan fingerprint density at radius 2 is 2.25 bits per heavy atom. The van der Waals surface area contributed by atoms with Crippen LogP contribution < -0.4 is 4.72 Å². The van der Waals surface area contributed by atoms with Crippen LogP contribution in [-0.2, 0) is 17.1 Å². The van der Waals surface area contributed by atoms with E-state index >= 15 is 0 Å². The van der Waals surface area contributed by atoms with Gasteiger partial charge in [0.2, 0.25) is 0 Å². The van der Waals surface area contributed by atoms with Crippen LogP contribution >= 0.6 is 0 Å². The zero-order valence-corrected chi connectivity index (χ0v) is 9.16. The van der Waals surface area contributed by atoms with Gasteiger partial charge in [-0.15, -0.1) is 0 Å². The van der Waals surface area contributed by atoms with Gasteiger partial charge in [-0.05, 0) is 6.07 Å². The SMILES string of the molecule is Cn1nccc1S(=O)(=O)NCC(O)C(F)F. The molecule has 0 amide bonds. The van der Waals surface area contributed by atoms with Gasteiger partial charge in [0.25, 0.3) is 16.4 Å². The molecule has 0 aliphatic carbocycles. The Bertz CT molecular complexity index is 445. The summed E-state index contributed by atoms with van der Waals surface area (Å²) < 4.78 is 49.8. The van der Waals surface area contributed by atoms with E-state index in [1.165, 1.54) is 19.3 Å². The highest BCUT2D eigenvalue weighted by atomic mass is 32.2. The number of rotatable bonds is 5. The van der Waals surface area contributed by atoms with Crippen LogP contribution in [0.4, 0.5) is 8.78 Å². The van der Waals surface area contributed by atoms with Crippen molar-refractivity contribution in [2.24, 2.45) is 7.05 Å². The van der Waals surface area contributed by atoms with Crippen LogP contribution in [0.15, 0.2) is 17.3 Å². The van der Waals surface area contributed by atoms with Crippen LogP contribution in [-0.4, -0.2) is 42.4 Å². The van der Waals surface area contributed by atoms with Crippen LogP contribution in [0.5, 0.6) is 0 Å². The average molecular weight is 255 g/mol. The molecule has 0 radical (unpaired) electrons. The van der Waals surface area contributed by atoms with Crippen LogP contribution in [0.3, 0.4) is 0 Å². The van der Waals surface area contributed by atoms with Gasteiger partial charge in [-0.25, -0.2) is 21.9 Å². The van der Waals surface area contributed by atoms with Crippen molar-refractivity contribution < 1.29 is 22.3 Å². The van der Waals surface area contributed by atoms with Gasteiger partial charge in [-0.3, -0.25) is 4.68 Å². The highest BCUT2D eigenvalue weighted by Crippen LogP contribution is 2.06. The molecule has 0 aliphatic heterocycles. The number of nitrogens with one attached hydrogen (secondary N) is 1. The Morgan fingerprint density at radius 3 is 2.69 bits per heavy atom. The minimum atomic E-state index is -3.92. The van der Waals surface area contributed by atoms with E-state index in [-0.39, 0.29) is 5.03 Å². The number of aromatic nitrogens is 2. The fraction of sp³-hybridized carbons (Fsp3) is 0.571. The third-order valence-electron chi connectivity index (χ3n) is 1.82. The smallest absolute Gasteiger partial charge is 0.265 e. The number of hydrogen-bond acceptors (Lipinski definition) is 4. The number of nitrogens with zero attached hydrogens (tertiary/aromatic N) is 2. The van der Waals surface area contributed by atoms with E-state index in [2.05, 4.69) is 5.10 Å². The van der Waals surface area contributed by atoms with Crippen molar-refractivity contribution in [1.29, 1.82) is 0 Å². The second-order valence-corrected chi connectivity index (χ2v) is 4.76. The third kappa shape index (κ3) is 2.97. The molecule has 0 aromatic carbocycles. The molecule has 0 spiro atoms. The van der Waals surface area contributed by atoms with Gasteiger partial charge in [0.05, 0.1) is 6.20 Å². The van der Waals surface area contributed by atoms with Gasteiger partial charge in [0.15, 0.2) is 5.03 Å². The Balaban J connectivity index is 2.71. The topological polar surface area (TPSA) is 84.2 Å². The first-order valence-corrected chi connectivity index (χ1v) is 5.77. The lowest BCUT2D eigenvalue weighted by molar-refractivity contribution is -0.000464. The molecule has 1 unspecified atom stereocenters. The van der Waals surface area contributed by atoms with Gasteiger partial charge in [0, 0.05) is 13.6 Å². The molecule has 0 fully saturated rings. The molecule has 1 aromatic rings. The number of halogens is 2. The van der Waals surface area contributed by atoms with E-state index in [1.54, 1.807) is 0 Å². The van der Waals surface area contributed by atoms with E-state index < -0.39 is 29.1 Å². The predicted molar refractivity (Wildman–Crippen MR) is 50.4 cm³/mol. The van der Waals surface area contributed by atoms with Crippen LogP contribution in [0, 0.1) is 0 Å².